The second-order valence-electron chi connectivity index (χ2n) is 5.97. The number of carbonyl (C=O) groups excluding carboxylic acids is 1. The van der Waals surface area contributed by atoms with Gasteiger partial charge in [-0.2, -0.15) is 0 Å². The highest BCUT2D eigenvalue weighted by molar-refractivity contribution is 9.10. The molecule has 0 aliphatic carbocycles. The Bertz CT molecular complexity index is 1070. The van der Waals surface area contributed by atoms with E-state index in [1.54, 1.807) is 24.3 Å². The number of carbonyl (C=O) groups is 1. The lowest BCUT2D eigenvalue weighted by atomic mass is 10.2. The van der Waals surface area contributed by atoms with Gasteiger partial charge in [-0.3, -0.25) is 4.31 Å². The summed E-state index contributed by atoms with van der Waals surface area (Å²) in [5, 5.41) is 0. The summed E-state index contributed by atoms with van der Waals surface area (Å²) < 4.78 is 33.5. The molecule has 0 spiro atoms. The fourth-order valence-electron chi connectivity index (χ4n) is 2.72. The molecule has 0 atom stereocenters. The van der Waals surface area contributed by atoms with Gasteiger partial charge in [0.25, 0.3) is 10.0 Å². The number of hydrogen-bond acceptors (Lipinski definition) is 4. The van der Waals surface area contributed by atoms with Gasteiger partial charge in [-0.15, -0.1) is 0 Å². The van der Waals surface area contributed by atoms with Crippen LogP contribution in [0.15, 0.2) is 88.2 Å². The van der Waals surface area contributed by atoms with Gasteiger partial charge in [0.15, 0.2) is 0 Å². The van der Waals surface area contributed by atoms with Crippen molar-refractivity contribution in [2.24, 2.45) is 0 Å². The second-order valence-corrected chi connectivity index (χ2v) is 8.68. The number of hydrogen-bond donors (Lipinski definition) is 0. The lowest BCUT2D eigenvalue weighted by molar-refractivity contribution is 0.0599. The average molecular weight is 460 g/mol. The van der Waals surface area contributed by atoms with Crippen molar-refractivity contribution in [3.8, 4) is 0 Å². The minimum atomic E-state index is -3.93. The van der Waals surface area contributed by atoms with Crippen molar-refractivity contribution in [1.82, 2.24) is 0 Å². The molecule has 0 radical (unpaired) electrons. The van der Waals surface area contributed by atoms with Crippen molar-refractivity contribution >= 4 is 37.6 Å². The Morgan fingerprint density at radius 1 is 0.964 bits per heavy atom. The first-order valence-corrected chi connectivity index (χ1v) is 10.7. The normalized spacial score (nSPS) is 11.1. The molecule has 0 saturated heterocycles. The molecule has 0 unspecified atom stereocenters. The van der Waals surface area contributed by atoms with E-state index in [9.17, 15) is 13.2 Å². The third-order valence-electron chi connectivity index (χ3n) is 4.14. The van der Waals surface area contributed by atoms with Crippen LogP contribution < -0.4 is 4.31 Å². The van der Waals surface area contributed by atoms with Gasteiger partial charge in [-0.1, -0.05) is 48.5 Å². The molecule has 28 heavy (non-hydrogen) atoms. The van der Waals surface area contributed by atoms with Gasteiger partial charge in [-0.05, 0) is 51.8 Å². The van der Waals surface area contributed by atoms with E-state index in [0.29, 0.717) is 10.2 Å². The standard InChI is InChI=1S/C21H18BrNO4S/c1-27-21(24)19-14-18(12-13-20(19)22)28(25,26)23(17-10-6-3-7-11-17)15-16-8-4-2-5-9-16/h2-14H,15H2,1H3. The predicted octanol–water partition coefficient (Wildman–Crippen LogP) is 4.63. The molecule has 0 aliphatic heterocycles. The Morgan fingerprint density at radius 3 is 2.18 bits per heavy atom. The molecule has 0 saturated carbocycles. The summed E-state index contributed by atoms with van der Waals surface area (Å²) in [5.41, 5.74) is 1.53. The highest BCUT2D eigenvalue weighted by atomic mass is 79.9. The molecule has 5 nitrogen and oxygen atoms in total. The van der Waals surface area contributed by atoms with Crippen LogP contribution in [0.4, 0.5) is 5.69 Å². The number of nitrogens with zero attached hydrogens (tertiary/aromatic N) is 1. The van der Waals surface area contributed by atoms with E-state index in [4.69, 9.17) is 4.74 Å². The van der Waals surface area contributed by atoms with Crippen molar-refractivity contribution in [3.05, 3.63) is 94.5 Å². The van der Waals surface area contributed by atoms with Crippen molar-refractivity contribution < 1.29 is 17.9 Å². The van der Waals surface area contributed by atoms with E-state index in [-0.39, 0.29) is 17.0 Å². The number of halogens is 1. The molecule has 0 fully saturated rings. The Labute approximate surface area is 172 Å². The van der Waals surface area contributed by atoms with E-state index in [0.717, 1.165) is 5.56 Å². The summed E-state index contributed by atoms with van der Waals surface area (Å²) in [6, 6.07) is 22.5. The van der Waals surface area contributed by atoms with Crippen molar-refractivity contribution in [2.75, 3.05) is 11.4 Å². The minimum Gasteiger partial charge on any atom is -0.465 e. The number of benzene rings is 3. The number of rotatable bonds is 6. The molecule has 7 heteroatoms. The van der Waals surface area contributed by atoms with Crippen molar-refractivity contribution in [1.29, 1.82) is 0 Å². The number of anilines is 1. The van der Waals surface area contributed by atoms with Crippen molar-refractivity contribution in [3.63, 3.8) is 0 Å². The smallest absolute Gasteiger partial charge is 0.339 e. The summed E-state index contributed by atoms with van der Waals surface area (Å²) in [6.45, 7) is 0.164. The van der Waals surface area contributed by atoms with Gasteiger partial charge in [0.05, 0.1) is 29.8 Å². The van der Waals surface area contributed by atoms with Gasteiger partial charge in [0.2, 0.25) is 0 Å². The van der Waals surface area contributed by atoms with Crippen LogP contribution in [0.2, 0.25) is 0 Å². The second kappa shape index (κ2) is 8.58. The van der Waals surface area contributed by atoms with Crippen LogP contribution in [0.3, 0.4) is 0 Å². The third-order valence-corrected chi connectivity index (χ3v) is 6.61. The highest BCUT2D eigenvalue weighted by Crippen LogP contribution is 2.28. The monoisotopic (exact) mass is 459 g/mol. The predicted molar refractivity (Wildman–Crippen MR) is 112 cm³/mol. The molecule has 0 heterocycles. The highest BCUT2D eigenvalue weighted by Gasteiger charge is 2.27. The van der Waals surface area contributed by atoms with E-state index in [1.807, 2.05) is 36.4 Å². The molecular formula is C21H18BrNO4S. The molecule has 3 rings (SSSR count). The maximum Gasteiger partial charge on any atom is 0.339 e. The third kappa shape index (κ3) is 4.26. The molecule has 3 aromatic carbocycles. The zero-order chi connectivity index (χ0) is 20.1. The molecule has 0 N–H and O–H groups in total. The quantitative estimate of drug-likeness (QED) is 0.504. The largest absolute Gasteiger partial charge is 0.465 e. The molecule has 3 aromatic rings. The molecule has 0 aromatic heterocycles. The molecule has 144 valence electrons. The van der Waals surface area contributed by atoms with Gasteiger partial charge < -0.3 is 4.74 Å². The summed E-state index contributed by atoms with van der Waals surface area (Å²) in [4.78, 5) is 12.0. The lowest BCUT2D eigenvalue weighted by Gasteiger charge is -2.25. The number of para-hydroxylation sites is 1. The van der Waals surface area contributed by atoms with E-state index in [2.05, 4.69) is 15.9 Å². The van der Waals surface area contributed by atoms with E-state index in [1.165, 1.54) is 29.6 Å². The number of sulfonamides is 1. The topological polar surface area (TPSA) is 63.7 Å². The van der Waals surface area contributed by atoms with Crippen molar-refractivity contribution in [2.45, 2.75) is 11.4 Å². The molecule has 0 bridgehead atoms. The van der Waals surface area contributed by atoms with Crippen LogP contribution in [0.5, 0.6) is 0 Å². The molecule has 0 aliphatic rings. The van der Waals surface area contributed by atoms with Crippen LogP contribution in [0.1, 0.15) is 15.9 Å². The van der Waals surface area contributed by atoms with Crippen LogP contribution >= 0.6 is 15.9 Å². The van der Waals surface area contributed by atoms with Gasteiger partial charge in [0.1, 0.15) is 0 Å². The van der Waals surface area contributed by atoms with Gasteiger partial charge >= 0.3 is 5.97 Å². The summed E-state index contributed by atoms with van der Waals surface area (Å²) in [6.07, 6.45) is 0. The fourth-order valence-corrected chi connectivity index (χ4v) is 4.61. The zero-order valence-corrected chi connectivity index (χ0v) is 17.5. The number of methoxy groups -OCH3 is 1. The van der Waals surface area contributed by atoms with E-state index >= 15 is 0 Å². The fraction of sp³-hybridized carbons (Fsp3) is 0.0952. The Morgan fingerprint density at radius 2 is 1.57 bits per heavy atom. The van der Waals surface area contributed by atoms with Gasteiger partial charge in [-0.25, -0.2) is 13.2 Å². The van der Waals surface area contributed by atoms with Crippen LogP contribution in [0, 0.1) is 0 Å². The number of esters is 1. The number of ether oxygens (including phenoxy) is 1. The Balaban J connectivity index is 2.10. The maximum atomic E-state index is 13.5. The zero-order valence-electron chi connectivity index (χ0n) is 15.1. The van der Waals surface area contributed by atoms with E-state index < -0.39 is 16.0 Å². The first-order valence-electron chi connectivity index (χ1n) is 8.43. The summed E-state index contributed by atoms with van der Waals surface area (Å²) in [5.74, 6) is -0.613. The molecular weight excluding hydrogens is 442 g/mol. The Kier molecular flexibility index (Phi) is 6.16. The molecule has 0 amide bonds. The first kappa shape index (κ1) is 20.1. The Hall–Kier alpha value is -2.64. The average Bonchev–Trinajstić information content (AvgIpc) is 2.73. The van der Waals surface area contributed by atoms with Crippen LogP contribution in [-0.4, -0.2) is 21.5 Å². The first-order chi connectivity index (χ1) is 13.4. The summed E-state index contributed by atoms with van der Waals surface area (Å²) >= 11 is 3.27. The van der Waals surface area contributed by atoms with Crippen LogP contribution in [-0.2, 0) is 21.3 Å². The van der Waals surface area contributed by atoms with Gasteiger partial charge in [0, 0.05) is 4.47 Å². The lowest BCUT2D eigenvalue weighted by Crippen LogP contribution is -2.30. The SMILES string of the molecule is COC(=O)c1cc(S(=O)(=O)N(Cc2ccccc2)c2ccccc2)ccc1Br. The maximum absolute atomic E-state index is 13.5. The van der Waals surface area contributed by atoms with Crippen LogP contribution in [0.25, 0.3) is 0 Å². The minimum absolute atomic E-state index is 0.0101. The summed E-state index contributed by atoms with van der Waals surface area (Å²) in [7, 11) is -2.68.